The molecule has 5 heteroatoms. The Morgan fingerprint density at radius 2 is 1.87 bits per heavy atom. The average Bonchev–Trinajstić information content (AvgIpc) is 2.16. The summed E-state index contributed by atoms with van der Waals surface area (Å²) in [6, 6.07) is -0.432. The minimum atomic E-state index is -0.432. The van der Waals surface area contributed by atoms with E-state index < -0.39 is 6.04 Å². The summed E-state index contributed by atoms with van der Waals surface area (Å²) in [5.41, 5.74) is 0. The number of amides is 1. The van der Waals surface area contributed by atoms with Gasteiger partial charge in [0.25, 0.3) is 0 Å². The van der Waals surface area contributed by atoms with Gasteiger partial charge < -0.3 is 9.64 Å². The molecule has 0 heterocycles. The first-order valence-electron chi connectivity index (χ1n) is 4.91. The van der Waals surface area contributed by atoms with Crippen LogP contribution in [0.1, 0.15) is 13.8 Å². The second-order valence-electron chi connectivity index (χ2n) is 3.91. The Morgan fingerprint density at radius 3 is 2.20 bits per heavy atom. The van der Waals surface area contributed by atoms with E-state index in [0.29, 0.717) is 0 Å². The molecule has 1 amide bonds. The molecule has 0 fully saturated rings. The highest BCUT2D eigenvalue weighted by Crippen LogP contribution is 2.03. The van der Waals surface area contributed by atoms with Gasteiger partial charge in [-0.3, -0.25) is 14.9 Å². The summed E-state index contributed by atoms with van der Waals surface area (Å²) < 4.78 is 4.64. The van der Waals surface area contributed by atoms with Gasteiger partial charge >= 0.3 is 5.97 Å². The molecule has 88 valence electrons. The van der Waals surface area contributed by atoms with E-state index in [0.717, 1.165) is 0 Å². The van der Waals surface area contributed by atoms with E-state index in [1.807, 2.05) is 13.8 Å². The standard InChI is InChI=1S/C10H20N2O3/c1-7(2)9(10(14)15-5)11-6-8(13)12(3)4/h7,9,11H,6H2,1-5H3. The molecule has 15 heavy (non-hydrogen) atoms. The Labute approximate surface area is 90.8 Å². The van der Waals surface area contributed by atoms with E-state index in [-0.39, 0.29) is 24.3 Å². The number of nitrogens with zero attached hydrogens (tertiary/aromatic N) is 1. The highest BCUT2D eigenvalue weighted by Gasteiger charge is 2.23. The molecule has 5 nitrogen and oxygen atoms in total. The van der Waals surface area contributed by atoms with Crippen LogP contribution in [-0.2, 0) is 14.3 Å². The molecule has 0 rings (SSSR count). The molecule has 1 unspecified atom stereocenters. The van der Waals surface area contributed by atoms with Gasteiger partial charge in [-0.25, -0.2) is 0 Å². The van der Waals surface area contributed by atoms with E-state index in [1.165, 1.54) is 12.0 Å². The third-order valence-electron chi connectivity index (χ3n) is 2.09. The lowest BCUT2D eigenvalue weighted by Gasteiger charge is -2.20. The van der Waals surface area contributed by atoms with Gasteiger partial charge in [0.2, 0.25) is 5.91 Å². The van der Waals surface area contributed by atoms with Crippen LogP contribution in [0.3, 0.4) is 0 Å². The van der Waals surface area contributed by atoms with Gasteiger partial charge in [-0.05, 0) is 5.92 Å². The first kappa shape index (κ1) is 13.9. The molecule has 0 spiro atoms. The zero-order chi connectivity index (χ0) is 12.0. The van der Waals surface area contributed by atoms with Crippen molar-refractivity contribution in [2.45, 2.75) is 19.9 Å². The SMILES string of the molecule is COC(=O)C(NCC(=O)N(C)C)C(C)C. The lowest BCUT2D eigenvalue weighted by atomic mass is 10.0. The van der Waals surface area contributed by atoms with Crippen molar-refractivity contribution >= 4 is 11.9 Å². The quantitative estimate of drug-likeness (QED) is 0.650. The molecule has 0 aliphatic heterocycles. The maximum absolute atomic E-state index is 11.3. The number of methoxy groups -OCH3 is 1. The Bertz CT molecular complexity index is 227. The summed E-state index contributed by atoms with van der Waals surface area (Å²) in [6.07, 6.45) is 0. The number of hydrogen-bond acceptors (Lipinski definition) is 4. The van der Waals surface area contributed by atoms with E-state index in [4.69, 9.17) is 0 Å². The van der Waals surface area contributed by atoms with Gasteiger partial charge in [0, 0.05) is 14.1 Å². The van der Waals surface area contributed by atoms with Crippen molar-refractivity contribution in [3.63, 3.8) is 0 Å². The summed E-state index contributed by atoms with van der Waals surface area (Å²) in [4.78, 5) is 24.1. The largest absolute Gasteiger partial charge is 0.468 e. The number of hydrogen-bond donors (Lipinski definition) is 1. The van der Waals surface area contributed by atoms with Gasteiger partial charge in [0.15, 0.2) is 0 Å². The third-order valence-corrected chi connectivity index (χ3v) is 2.09. The fourth-order valence-electron chi connectivity index (χ4n) is 1.07. The second-order valence-corrected chi connectivity index (χ2v) is 3.91. The van der Waals surface area contributed by atoms with E-state index >= 15 is 0 Å². The average molecular weight is 216 g/mol. The van der Waals surface area contributed by atoms with Crippen molar-refractivity contribution < 1.29 is 14.3 Å². The van der Waals surface area contributed by atoms with Crippen LogP contribution in [0.15, 0.2) is 0 Å². The van der Waals surface area contributed by atoms with Crippen LogP contribution in [0.5, 0.6) is 0 Å². The number of carbonyl (C=O) groups excluding carboxylic acids is 2. The van der Waals surface area contributed by atoms with E-state index in [9.17, 15) is 9.59 Å². The van der Waals surface area contributed by atoms with Gasteiger partial charge in [0.1, 0.15) is 6.04 Å². The van der Waals surface area contributed by atoms with E-state index in [2.05, 4.69) is 10.1 Å². The van der Waals surface area contributed by atoms with Crippen molar-refractivity contribution in [2.24, 2.45) is 5.92 Å². The lowest BCUT2D eigenvalue weighted by Crippen LogP contribution is -2.46. The predicted octanol–water partition coefficient (Wildman–Crippen LogP) is -0.138. The first-order valence-corrected chi connectivity index (χ1v) is 4.91. The molecule has 0 saturated heterocycles. The van der Waals surface area contributed by atoms with Gasteiger partial charge in [-0.1, -0.05) is 13.8 Å². The van der Waals surface area contributed by atoms with Crippen molar-refractivity contribution in [3.05, 3.63) is 0 Å². The van der Waals surface area contributed by atoms with Gasteiger partial charge in [-0.2, -0.15) is 0 Å². The molecular formula is C10H20N2O3. The maximum atomic E-state index is 11.3. The van der Waals surface area contributed by atoms with Crippen molar-refractivity contribution in [1.82, 2.24) is 10.2 Å². The smallest absolute Gasteiger partial charge is 0.323 e. The van der Waals surface area contributed by atoms with Gasteiger partial charge in [-0.15, -0.1) is 0 Å². The first-order chi connectivity index (χ1) is 6.90. The minimum Gasteiger partial charge on any atom is -0.468 e. The third kappa shape index (κ3) is 4.78. The Hall–Kier alpha value is -1.10. The molecule has 0 saturated carbocycles. The fraction of sp³-hybridized carbons (Fsp3) is 0.800. The van der Waals surface area contributed by atoms with Crippen LogP contribution in [0.25, 0.3) is 0 Å². The summed E-state index contributed by atoms with van der Waals surface area (Å²) in [5, 5.41) is 2.89. The number of carbonyl (C=O) groups is 2. The van der Waals surface area contributed by atoms with Crippen molar-refractivity contribution in [2.75, 3.05) is 27.7 Å². The number of rotatable bonds is 5. The van der Waals surface area contributed by atoms with Crippen LogP contribution >= 0.6 is 0 Å². The molecule has 1 N–H and O–H groups in total. The summed E-state index contributed by atoms with van der Waals surface area (Å²) in [6.45, 7) is 3.94. The maximum Gasteiger partial charge on any atom is 0.323 e. The van der Waals surface area contributed by atoms with Crippen LogP contribution in [-0.4, -0.2) is 50.6 Å². The van der Waals surface area contributed by atoms with Crippen LogP contribution in [0.4, 0.5) is 0 Å². The van der Waals surface area contributed by atoms with Gasteiger partial charge in [0.05, 0.1) is 13.7 Å². The Balaban J connectivity index is 4.20. The van der Waals surface area contributed by atoms with E-state index in [1.54, 1.807) is 14.1 Å². The monoisotopic (exact) mass is 216 g/mol. The minimum absolute atomic E-state index is 0.0652. The number of ether oxygens (including phenoxy) is 1. The van der Waals surface area contributed by atoms with Crippen molar-refractivity contribution in [1.29, 1.82) is 0 Å². The predicted molar refractivity (Wildman–Crippen MR) is 57.3 cm³/mol. The molecule has 0 aliphatic carbocycles. The topological polar surface area (TPSA) is 58.6 Å². The highest BCUT2D eigenvalue weighted by molar-refractivity contribution is 5.80. The molecule has 1 atom stereocenters. The molecule has 0 aliphatic rings. The molecular weight excluding hydrogens is 196 g/mol. The zero-order valence-corrected chi connectivity index (χ0v) is 10.0. The molecule has 0 aromatic heterocycles. The second kappa shape index (κ2) is 6.40. The number of likely N-dealkylation sites (N-methyl/N-ethyl adjacent to an activating group) is 1. The molecule has 0 aromatic rings. The number of esters is 1. The molecule has 0 aromatic carbocycles. The summed E-state index contributed by atoms with van der Waals surface area (Å²) in [7, 11) is 4.69. The van der Waals surface area contributed by atoms with Crippen LogP contribution in [0.2, 0.25) is 0 Å². The van der Waals surface area contributed by atoms with Crippen LogP contribution in [0, 0.1) is 5.92 Å². The summed E-state index contributed by atoms with van der Waals surface area (Å²) >= 11 is 0. The lowest BCUT2D eigenvalue weighted by molar-refractivity contribution is -0.144. The highest BCUT2D eigenvalue weighted by atomic mass is 16.5. The normalized spacial score (nSPS) is 12.4. The van der Waals surface area contributed by atoms with Crippen molar-refractivity contribution in [3.8, 4) is 0 Å². The number of nitrogens with one attached hydrogen (secondary N) is 1. The Morgan fingerprint density at radius 1 is 1.33 bits per heavy atom. The molecule has 0 radical (unpaired) electrons. The fourth-order valence-corrected chi connectivity index (χ4v) is 1.07. The van der Waals surface area contributed by atoms with Crippen LogP contribution < -0.4 is 5.32 Å². The zero-order valence-electron chi connectivity index (χ0n) is 10.0. The Kier molecular flexibility index (Phi) is 5.93. The molecule has 0 bridgehead atoms. The summed E-state index contributed by atoms with van der Waals surface area (Å²) in [5.74, 6) is -0.312.